The van der Waals surface area contributed by atoms with E-state index in [1.807, 2.05) is 19.9 Å². The van der Waals surface area contributed by atoms with Crippen molar-refractivity contribution in [3.05, 3.63) is 57.0 Å². The highest BCUT2D eigenvalue weighted by Gasteiger charge is 2.14. The molecule has 0 spiro atoms. The lowest BCUT2D eigenvalue weighted by Crippen LogP contribution is -2.22. The summed E-state index contributed by atoms with van der Waals surface area (Å²) in [4.78, 5) is 26.9. The third-order valence-corrected chi connectivity index (χ3v) is 3.36. The van der Waals surface area contributed by atoms with Crippen molar-refractivity contribution in [2.75, 3.05) is 12.4 Å². The molecule has 0 radical (unpaired) electrons. The van der Waals surface area contributed by atoms with Crippen LogP contribution in [-0.2, 0) is 0 Å². The molecule has 2 rings (SSSR count). The Hall–Kier alpha value is -2.56. The van der Waals surface area contributed by atoms with Crippen molar-refractivity contribution in [2.45, 2.75) is 20.8 Å². The fraction of sp³-hybridized carbons (Fsp3) is 0.250. The Balaban J connectivity index is 2.34. The second kappa shape index (κ2) is 5.83. The van der Waals surface area contributed by atoms with E-state index in [1.165, 1.54) is 12.3 Å². The summed E-state index contributed by atoms with van der Waals surface area (Å²) in [5.74, 6) is 0.288. The molecule has 2 aromatic rings. The molecular weight excluding hydrogens is 268 g/mol. The minimum absolute atomic E-state index is 0.0829. The highest BCUT2D eigenvalue weighted by Crippen LogP contribution is 2.29. The predicted molar refractivity (Wildman–Crippen MR) is 82.2 cm³/mol. The summed E-state index contributed by atoms with van der Waals surface area (Å²) >= 11 is 0. The first-order chi connectivity index (χ1) is 9.93. The highest BCUT2D eigenvalue weighted by molar-refractivity contribution is 6.04. The summed E-state index contributed by atoms with van der Waals surface area (Å²) in [6.07, 6.45) is 1.42. The van der Waals surface area contributed by atoms with Crippen molar-refractivity contribution in [3.8, 4) is 5.75 Å². The van der Waals surface area contributed by atoms with E-state index in [0.29, 0.717) is 11.4 Å². The highest BCUT2D eigenvalue weighted by atomic mass is 16.5. The summed E-state index contributed by atoms with van der Waals surface area (Å²) in [6, 6.07) is 5.06. The van der Waals surface area contributed by atoms with Gasteiger partial charge in [0.05, 0.1) is 7.11 Å². The van der Waals surface area contributed by atoms with E-state index < -0.39 is 5.91 Å². The maximum Gasteiger partial charge on any atom is 0.261 e. The number of hydrogen-bond donors (Lipinski definition) is 2. The first-order valence-corrected chi connectivity index (χ1v) is 6.59. The number of aryl methyl sites for hydroxylation is 2. The molecule has 0 atom stereocenters. The van der Waals surface area contributed by atoms with Crippen LogP contribution in [0.15, 0.2) is 29.2 Å². The number of carbonyl (C=O) groups is 1. The number of methoxy groups -OCH3 is 1. The lowest BCUT2D eigenvalue weighted by molar-refractivity contribution is 0.102. The van der Waals surface area contributed by atoms with Crippen LogP contribution in [-0.4, -0.2) is 18.0 Å². The van der Waals surface area contributed by atoms with Gasteiger partial charge in [-0.25, -0.2) is 0 Å². The fourth-order valence-corrected chi connectivity index (χ4v) is 2.22. The zero-order valence-electron chi connectivity index (χ0n) is 12.5. The lowest BCUT2D eigenvalue weighted by atomic mass is 10.1. The fourth-order valence-electron chi connectivity index (χ4n) is 2.22. The number of anilines is 1. The predicted octanol–water partition coefficient (Wildman–Crippen LogP) is 2.56. The van der Waals surface area contributed by atoms with Gasteiger partial charge >= 0.3 is 0 Å². The number of amides is 1. The van der Waals surface area contributed by atoms with Crippen molar-refractivity contribution in [2.24, 2.45) is 0 Å². The van der Waals surface area contributed by atoms with E-state index in [2.05, 4.69) is 10.3 Å². The van der Waals surface area contributed by atoms with E-state index in [-0.39, 0.29) is 11.0 Å². The van der Waals surface area contributed by atoms with Crippen molar-refractivity contribution in [1.82, 2.24) is 4.98 Å². The Morgan fingerprint density at radius 2 is 1.95 bits per heavy atom. The Bertz CT molecular complexity index is 748. The number of benzene rings is 1. The minimum atomic E-state index is -0.440. The molecule has 1 amide bonds. The molecular formula is C16H18N2O3. The molecule has 5 heteroatoms. The lowest BCUT2D eigenvalue weighted by Gasteiger charge is -2.13. The first-order valence-electron chi connectivity index (χ1n) is 6.59. The smallest absolute Gasteiger partial charge is 0.261 e. The number of H-pyrrole nitrogens is 1. The van der Waals surface area contributed by atoms with Gasteiger partial charge in [0, 0.05) is 29.2 Å². The van der Waals surface area contributed by atoms with Gasteiger partial charge in [0.1, 0.15) is 11.3 Å². The average molecular weight is 286 g/mol. The SMILES string of the molecule is COc1c(C)ccc(NC(=O)c2c[nH]c(C)cc2=O)c1C. The van der Waals surface area contributed by atoms with Crippen LogP contribution in [0.4, 0.5) is 5.69 Å². The summed E-state index contributed by atoms with van der Waals surface area (Å²) < 4.78 is 5.32. The van der Waals surface area contributed by atoms with E-state index in [1.54, 1.807) is 20.1 Å². The second-order valence-corrected chi connectivity index (χ2v) is 4.94. The topological polar surface area (TPSA) is 71.2 Å². The number of ether oxygens (including phenoxy) is 1. The van der Waals surface area contributed by atoms with Gasteiger partial charge < -0.3 is 15.0 Å². The summed E-state index contributed by atoms with van der Waals surface area (Å²) in [7, 11) is 1.59. The zero-order chi connectivity index (χ0) is 15.6. The molecule has 0 saturated carbocycles. The zero-order valence-corrected chi connectivity index (χ0v) is 12.5. The molecule has 5 nitrogen and oxygen atoms in total. The molecule has 1 heterocycles. The van der Waals surface area contributed by atoms with Gasteiger partial charge in [-0.2, -0.15) is 0 Å². The molecule has 1 aromatic carbocycles. The summed E-state index contributed by atoms with van der Waals surface area (Å²) in [5, 5.41) is 2.75. The molecule has 0 unspecified atom stereocenters. The third kappa shape index (κ3) is 2.97. The van der Waals surface area contributed by atoms with Gasteiger partial charge in [0.2, 0.25) is 0 Å². The number of pyridine rings is 1. The van der Waals surface area contributed by atoms with Crippen LogP contribution in [0.1, 0.15) is 27.2 Å². The van der Waals surface area contributed by atoms with E-state index in [9.17, 15) is 9.59 Å². The quantitative estimate of drug-likeness (QED) is 0.911. The van der Waals surface area contributed by atoms with E-state index in [4.69, 9.17) is 4.74 Å². The number of carbonyl (C=O) groups excluding carboxylic acids is 1. The number of nitrogens with one attached hydrogen (secondary N) is 2. The number of hydrogen-bond acceptors (Lipinski definition) is 3. The average Bonchev–Trinajstić information content (AvgIpc) is 2.42. The largest absolute Gasteiger partial charge is 0.496 e. The van der Waals surface area contributed by atoms with Crippen LogP contribution in [0.2, 0.25) is 0 Å². The van der Waals surface area contributed by atoms with Crippen molar-refractivity contribution in [1.29, 1.82) is 0 Å². The molecule has 2 N–H and O–H groups in total. The van der Waals surface area contributed by atoms with Crippen molar-refractivity contribution < 1.29 is 9.53 Å². The molecule has 110 valence electrons. The summed E-state index contributed by atoms with van der Waals surface area (Å²) in [6.45, 7) is 5.56. The van der Waals surface area contributed by atoms with Gasteiger partial charge in [0.25, 0.3) is 5.91 Å². The molecule has 0 aliphatic carbocycles. The number of rotatable bonds is 3. The van der Waals surface area contributed by atoms with Gasteiger partial charge in [0.15, 0.2) is 5.43 Å². The maximum absolute atomic E-state index is 12.2. The number of aromatic amines is 1. The molecule has 21 heavy (non-hydrogen) atoms. The standard InChI is InChI=1S/C16H18N2O3/c1-9-5-6-13(11(3)15(9)21-4)18-16(20)12-8-17-10(2)7-14(12)19/h5-8H,1-4H3,(H,17,19)(H,18,20). The normalized spacial score (nSPS) is 10.3. The van der Waals surface area contributed by atoms with Crippen LogP contribution in [0.25, 0.3) is 0 Å². The van der Waals surface area contributed by atoms with Crippen LogP contribution < -0.4 is 15.5 Å². The second-order valence-electron chi connectivity index (χ2n) is 4.94. The van der Waals surface area contributed by atoms with Crippen molar-refractivity contribution in [3.63, 3.8) is 0 Å². The molecule has 0 saturated heterocycles. The minimum Gasteiger partial charge on any atom is -0.496 e. The molecule has 0 aliphatic rings. The van der Waals surface area contributed by atoms with Crippen molar-refractivity contribution >= 4 is 11.6 Å². The number of aromatic nitrogens is 1. The monoisotopic (exact) mass is 286 g/mol. The third-order valence-electron chi connectivity index (χ3n) is 3.36. The molecule has 0 aliphatic heterocycles. The molecule has 1 aromatic heterocycles. The van der Waals surface area contributed by atoms with Crippen LogP contribution in [0.5, 0.6) is 5.75 Å². The maximum atomic E-state index is 12.2. The summed E-state index contributed by atoms with van der Waals surface area (Å²) in [5.41, 5.74) is 2.93. The van der Waals surface area contributed by atoms with E-state index in [0.717, 1.165) is 16.9 Å². The van der Waals surface area contributed by atoms with Crippen LogP contribution in [0, 0.1) is 20.8 Å². The Labute approximate surface area is 123 Å². The first kappa shape index (κ1) is 14.8. The van der Waals surface area contributed by atoms with Crippen LogP contribution >= 0.6 is 0 Å². The van der Waals surface area contributed by atoms with Gasteiger partial charge in [-0.3, -0.25) is 9.59 Å². The Kier molecular flexibility index (Phi) is 4.12. The van der Waals surface area contributed by atoms with Gasteiger partial charge in [-0.1, -0.05) is 6.07 Å². The van der Waals surface area contributed by atoms with E-state index >= 15 is 0 Å². The Morgan fingerprint density at radius 3 is 2.57 bits per heavy atom. The van der Waals surface area contributed by atoms with Crippen LogP contribution in [0.3, 0.4) is 0 Å². The molecule has 0 bridgehead atoms. The van der Waals surface area contributed by atoms with Gasteiger partial charge in [-0.05, 0) is 32.4 Å². The Morgan fingerprint density at radius 1 is 1.24 bits per heavy atom. The van der Waals surface area contributed by atoms with Gasteiger partial charge in [-0.15, -0.1) is 0 Å². The molecule has 0 fully saturated rings.